The zero-order valence-corrected chi connectivity index (χ0v) is 16.9. The van der Waals surface area contributed by atoms with E-state index in [1.807, 2.05) is 4.74 Å². The van der Waals surface area contributed by atoms with Gasteiger partial charge >= 0.3 is 67.1 Å². The van der Waals surface area contributed by atoms with Crippen molar-refractivity contribution >= 4 is 20.2 Å². The molecule has 0 amide bonds. The lowest BCUT2D eigenvalue weighted by Gasteiger charge is -2.41. The van der Waals surface area contributed by atoms with E-state index in [1.54, 1.807) is 0 Å². The molecule has 26 heteroatoms. The summed E-state index contributed by atoms with van der Waals surface area (Å²) in [7, 11) is -15.4. The first-order valence-corrected chi connectivity index (χ1v) is 9.88. The lowest BCUT2D eigenvalue weighted by atomic mass is 10.2. The van der Waals surface area contributed by atoms with Gasteiger partial charge in [-0.25, -0.2) is 4.74 Å². The van der Waals surface area contributed by atoms with Gasteiger partial charge in [0.1, 0.15) is 0 Å². The highest BCUT2D eigenvalue weighted by Crippen LogP contribution is 2.56. The fourth-order valence-corrected chi connectivity index (χ4v) is 2.09. The molecule has 1 atom stereocenters. The molecule has 1 unspecified atom stereocenters. The van der Waals surface area contributed by atoms with Crippen molar-refractivity contribution < 1.29 is 106 Å². The van der Waals surface area contributed by atoms with Crippen molar-refractivity contribution in [2.75, 3.05) is 0 Å². The van der Waals surface area contributed by atoms with Gasteiger partial charge in [-0.2, -0.15) is 82.7 Å². The fraction of sp³-hybridized carbons (Fsp3) is 1.00. The molecule has 0 saturated heterocycles. The Kier molecular flexibility index (Phi) is 8.27. The molecule has 0 fully saturated rings. The SMILES string of the molecule is CC(F)(F)OC(F)(F)C(F)(OC(F)(F)C(F)(F)S(=O)(=O)O)C(F)(F)OC(F)(F)C(F)(F)S(=O)(=O)O. The van der Waals surface area contributed by atoms with Crippen LogP contribution in [0.1, 0.15) is 6.92 Å². The molecule has 0 aromatic rings. The van der Waals surface area contributed by atoms with E-state index in [1.165, 1.54) is 9.47 Å². The number of ether oxygens (including phenoxy) is 3. The van der Waals surface area contributed by atoms with E-state index in [-0.39, 0.29) is 0 Å². The second-order valence-corrected chi connectivity index (χ2v) is 8.69. The molecule has 0 spiro atoms. The Labute approximate surface area is 181 Å². The Bertz CT molecular complexity index is 1000. The molecule has 0 aliphatic rings. The van der Waals surface area contributed by atoms with Gasteiger partial charge in [0.25, 0.3) is 0 Å². The number of rotatable bonds is 12. The summed E-state index contributed by atoms with van der Waals surface area (Å²) >= 11 is 0. The van der Waals surface area contributed by atoms with Crippen molar-refractivity contribution in [1.82, 2.24) is 0 Å². The van der Waals surface area contributed by atoms with E-state index in [9.17, 15) is 82.7 Å². The highest BCUT2D eigenvalue weighted by atomic mass is 32.2. The molecule has 2 N–H and O–H groups in total. The second-order valence-electron chi connectivity index (χ2n) is 5.76. The van der Waals surface area contributed by atoms with Gasteiger partial charge in [-0.15, -0.1) is 0 Å². The van der Waals surface area contributed by atoms with Gasteiger partial charge in [0.15, 0.2) is 0 Å². The minimum absolute atomic E-state index is 0.966. The van der Waals surface area contributed by atoms with Crippen LogP contribution < -0.4 is 0 Å². The Balaban J connectivity index is 7.13. The van der Waals surface area contributed by atoms with E-state index in [0.717, 1.165) is 0 Å². The molecule has 0 bridgehead atoms. The van der Waals surface area contributed by atoms with Crippen LogP contribution in [0.2, 0.25) is 0 Å². The third-order valence-corrected chi connectivity index (χ3v) is 4.68. The topological polar surface area (TPSA) is 136 Å². The highest BCUT2D eigenvalue weighted by Gasteiger charge is 2.85. The van der Waals surface area contributed by atoms with Crippen LogP contribution in [-0.4, -0.2) is 72.8 Å². The molecule has 0 heterocycles. The van der Waals surface area contributed by atoms with Crippen LogP contribution in [0.15, 0.2) is 0 Å². The Hall–Kier alpha value is -1.35. The largest absolute Gasteiger partial charge is 0.460 e. The summed E-state index contributed by atoms with van der Waals surface area (Å²) in [4.78, 5) is 0. The first kappa shape index (κ1) is 33.7. The monoisotopic (exact) mass is 606 g/mol. The molecule has 0 radical (unpaired) electrons. The van der Waals surface area contributed by atoms with E-state index < -0.39 is 74.1 Å². The maximum atomic E-state index is 14.3. The summed E-state index contributed by atoms with van der Waals surface area (Å²) in [5.41, 5.74) is 0. The van der Waals surface area contributed by atoms with Crippen LogP contribution in [0.4, 0.5) is 65.9 Å². The van der Waals surface area contributed by atoms with E-state index in [2.05, 4.69) is 0 Å². The first-order valence-electron chi connectivity index (χ1n) is 7.00. The molecule has 0 saturated carbocycles. The summed E-state index contributed by atoms with van der Waals surface area (Å²) in [6.07, 6.45) is -37.1. The zero-order chi connectivity index (χ0) is 29.1. The van der Waals surface area contributed by atoms with Crippen molar-refractivity contribution in [3.8, 4) is 0 Å². The predicted octanol–water partition coefficient (Wildman–Crippen LogP) is 3.65. The summed E-state index contributed by atoms with van der Waals surface area (Å²) < 4.78 is 261. The van der Waals surface area contributed by atoms with Crippen LogP contribution in [0.3, 0.4) is 0 Å². The first-order chi connectivity index (χ1) is 14.6. The smallest absolute Gasteiger partial charge is 0.281 e. The third kappa shape index (κ3) is 6.14. The fourth-order valence-electron chi connectivity index (χ4n) is 1.40. The summed E-state index contributed by atoms with van der Waals surface area (Å²) in [6.45, 7) is -0.966. The van der Waals surface area contributed by atoms with Crippen molar-refractivity contribution in [3.05, 3.63) is 0 Å². The summed E-state index contributed by atoms with van der Waals surface area (Å²) in [5.74, 6) is -8.13. The minimum Gasteiger partial charge on any atom is -0.281 e. The third-order valence-electron chi connectivity index (χ3n) is 2.91. The van der Waals surface area contributed by atoms with Gasteiger partial charge < -0.3 is 0 Å². The van der Waals surface area contributed by atoms with Crippen LogP contribution in [0, 0.1) is 0 Å². The van der Waals surface area contributed by atoms with Crippen LogP contribution >= 0.6 is 0 Å². The van der Waals surface area contributed by atoms with Crippen LogP contribution in [0.25, 0.3) is 0 Å². The molecular formula is C9H5F15O9S2. The minimum atomic E-state index is -8.13. The molecule has 9 nitrogen and oxygen atoms in total. The van der Waals surface area contributed by atoms with Crippen molar-refractivity contribution in [2.24, 2.45) is 0 Å². The average molecular weight is 606 g/mol. The van der Waals surface area contributed by atoms with Crippen LogP contribution in [-0.2, 0) is 34.4 Å². The van der Waals surface area contributed by atoms with Crippen molar-refractivity contribution in [2.45, 2.75) is 53.8 Å². The van der Waals surface area contributed by atoms with E-state index in [0.29, 0.717) is 0 Å². The summed E-state index contributed by atoms with van der Waals surface area (Å²) in [5, 5.41) is -14.9. The number of hydrogen-bond donors (Lipinski definition) is 2. The summed E-state index contributed by atoms with van der Waals surface area (Å²) in [6, 6.07) is 0. The molecule has 0 aliphatic heterocycles. The van der Waals surface area contributed by atoms with Gasteiger partial charge in [0.05, 0.1) is 0 Å². The lowest BCUT2D eigenvalue weighted by molar-refractivity contribution is -0.566. The Morgan fingerprint density at radius 3 is 1.00 bits per heavy atom. The van der Waals surface area contributed by atoms with E-state index in [4.69, 9.17) is 9.11 Å². The van der Waals surface area contributed by atoms with Gasteiger partial charge in [-0.3, -0.25) is 18.6 Å². The van der Waals surface area contributed by atoms with Crippen molar-refractivity contribution in [3.63, 3.8) is 0 Å². The van der Waals surface area contributed by atoms with Gasteiger partial charge in [0.2, 0.25) is 0 Å². The molecule has 35 heavy (non-hydrogen) atoms. The number of hydrogen-bond acceptors (Lipinski definition) is 7. The van der Waals surface area contributed by atoms with E-state index >= 15 is 0 Å². The molecule has 0 aromatic heterocycles. The maximum Gasteiger partial charge on any atom is 0.460 e. The van der Waals surface area contributed by atoms with Gasteiger partial charge in [0, 0.05) is 6.92 Å². The normalized spacial score (nSPS) is 17.9. The zero-order valence-electron chi connectivity index (χ0n) is 15.2. The van der Waals surface area contributed by atoms with Gasteiger partial charge in [-0.1, -0.05) is 0 Å². The quantitative estimate of drug-likeness (QED) is 0.252. The molecular weight excluding hydrogens is 601 g/mol. The molecule has 212 valence electrons. The Morgan fingerprint density at radius 2 is 0.743 bits per heavy atom. The number of halogens is 15. The molecule has 0 aliphatic carbocycles. The van der Waals surface area contributed by atoms with Crippen LogP contribution in [0.5, 0.6) is 0 Å². The number of alkyl halides is 15. The lowest BCUT2D eigenvalue weighted by Crippen LogP contribution is -2.68. The average Bonchev–Trinajstić information content (AvgIpc) is 2.47. The molecule has 0 aromatic carbocycles. The predicted molar refractivity (Wildman–Crippen MR) is 70.5 cm³/mol. The van der Waals surface area contributed by atoms with Gasteiger partial charge in [-0.05, 0) is 0 Å². The standard InChI is InChI=1S/C9H5F15O9S2/c1-2(10,11)31-4(13,14)3(12,32-6(17,18)8(21,22)34(25,26)27)5(15,16)33-7(19,20)9(23,24)35(28,29)30/h1H3,(H,25,26,27)(H,28,29,30). The maximum absolute atomic E-state index is 14.3. The second kappa shape index (κ2) is 8.61. The van der Waals surface area contributed by atoms with Crippen molar-refractivity contribution in [1.29, 1.82) is 0 Å². The molecule has 0 rings (SSSR count). The highest BCUT2D eigenvalue weighted by molar-refractivity contribution is 7.87. The Morgan fingerprint density at radius 1 is 0.486 bits per heavy atom.